The minimum Gasteiger partial charge on any atom is -0.387 e. The highest BCUT2D eigenvalue weighted by Gasteiger charge is 2.00. The van der Waals surface area contributed by atoms with Gasteiger partial charge in [-0.05, 0) is 19.9 Å². The SMILES string of the molecule is Cc1cc([C@@H](C)O)ncn1. The van der Waals surface area contributed by atoms with E-state index in [1.807, 2.05) is 6.92 Å². The fourth-order valence-corrected chi connectivity index (χ4v) is 0.704. The maximum Gasteiger partial charge on any atom is 0.116 e. The lowest BCUT2D eigenvalue weighted by Crippen LogP contribution is -1.96. The third-order valence-electron chi connectivity index (χ3n) is 1.25. The molecule has 0 unspecified atom stereocenters. The van der Waals surface area contributed by atoms with Crippen LogP contribution in [0.5, 0.6) is 0 Å². The molecule has 1 rings (SSSR count). The molecule has 0 aliphatic rings. The summed E-state index contributed by atoms with van der Waals surface area (Å²) < 4.78 is 0. The van der Waals surface area contributed by atoms with Crippen molar-refractivity contribution in [2.24, 2.45) is 0 Å². The Bertz CT molecular complexity index is 223. The van der Waals surface area contributed by atoms with E-state index in [1.54, 1.807) is 13.0 Å². The second-order valence-electron chi connectivity index (χ2n) is 2.26. The Morgan fingerprint density at radius 2 is 2.20 bits per heavy atom. The Morgan fingerprint density at radius 1 is 1.50 bits per heavy atom. The van der Waals surface area contributed by atoms with Gasteiger partial charge in [-0.25, -0.2) is 9.97 Å². The van der Waals surface area contributed by atoms with Gasteiger partial charge in [0.15, 0.2) is 0 Å². The summed E-state index contributed by atoms with van der Waals surface area (Å²) in [6, 6.07) is 1.77. The summed E-state index contributed by atoms with van der Waals surface area (Å²) in [6.45, 7) is 3.55. The number of aromatic nitrogens is 2. The Hall–Kier alpha value is -0.960. The third kappa shape index (κ3) is 1.51. The van der Waals surface area contributed by atoms with Crippen LogP contribution in [0, 0.1) is 6.92 Å². The van der Waals surface area contributed by atoms with Crippen LogP contribution in [0.1, 0.15) is 24.4 Å². The van der Waals surface area contributed by atoms with Crippen LogP contribution in [0.3, 0.4) is 0 Å². The molecule has 0 aromatic carbocycles. The van der Waals surface area contributed by atoms with Crippen LogP contribution in [0.4, 0.5) is 0 Å². The molecule has 1 heterocycles. The first-order valence-electron chi connectivity index (χ1n) is 3.17. The van der Waals surface area contributed by atoms with Crippen LogP contribution in [-0.4, -0.2) is 15.1 Å². The summed E-state index contributed by atoms with van der Waals surface area (Å²) in [5, 5.41) is 9.06. The molecular weight excluding hydrogens is 128 g/mol. The summed E-state index contributed by atoms with van der Waals surface area (Å²) in [4.78, 5) is 7.78. The van der Waals surface area contributed by atoms with Crippen molar-refractivity contribution >= 4 is 0 Å². The average molecular weight is 138 g/mol. The standard InChI is InChI=1S/C7H10N2O/c1-5-3-7(6(2)10)9-4-8-5/h3-4,6,10H,1-2H3/t6-/m1/s1. The van der Waals surface area contributed by atoms with Crippen LogP contribution in [-0.2, 0) is 0 Å². The number of aryl methyl sites for hydroxylation is 1. The van der Waals surface area contributed by atoms with Gasteiger partial charge in [0.2, 0.25) is 0 Å². The number of hydrogen-bond acceptors (Lipinski definition) is 3. The molecule has 0 saturated carbocycles. The van der Waals surface area contributed by atoms with Gasteiger partial charge in [-0.2, -0.15) is 0 Å². The van der Waals surface area contributed by atoms with E-state index in [2.05, 4.69) is 9.97 Å². The highest BCUT2D eigenvalue weighted by atomic mass is 16.3. The molecule has 0 fully saturated rings. The predicted molar refractivity (Wildman–Crippen MR) is 37.4 cm³/mol. The molecule has 10 heavy (non-hydrogen) atoms. The zero-order valence-electron chi connectivity index (χ0n) is 6.07. The topological polar surface area (TPSA) is 46.0 Å². The van der Waals surface area contributed by atoms with Gasteiger partial charge in [0.05, 0.1) is 11.8 Å². The molecule has 0 amide bonds. The molecular formula is C7H10N2O. The molecule has 1 aromatic heterocycles. The minimum atomic E-state index is -0.498. The molecule has 0 spiro atoms. The van der Waals surface area contributed by atoms with E-state index in [0.29, 0.717) is 5.69 Å². The van der Waals surface area contributed by atoms with Crippen molar-refractivity contribution in [3.63, 3.8) is 0 Å². The number of hydrogen-bond donors (Lipinski definition) is 1. The quantitative estimate of drug-likeness (QED) is 0.625. The largest absolute Gasteiger partial charge is 0.387 e. The number of aliphatic hydroxyl groups is 1. The van der Waals surface area contributed by atoms with Crippen molar-refractivity contribution in [1.82, 2.24) is 9.97 Å². The fraction of sp³-hybridized carbons (Fsp3) is 0.429. The molecule has 0 aliphatic carbocycles. The fourth-order valence-electron chi connectivity index (χ4n) is 0.704. The van der Waals surface area contributed by atoms with Crippen molar-refractivity contribution < 1.29 is 5.11 Å². The molecule has 0 saturated heterocycles. The highest BCUT2D eigenvalue weighted by Crippen LogP contribution is 2.07. The zero-order valence-corrected chi connectivity index (χ0v) is 6.07. The monoisotopic (exact) mass is 138 g/mol. The van der Waals surface area contributed by atoms with E-state index in [4.69, 9.17) is 5.11 Å². The molecule has 1 atom stereocenters. The van der Waals surface area contributed by atoms with Gasteiger partial charge in [0, 0.05) is 5.69 Å². The maximum atomic E-state index is 9.06. The lowest BCUT2D eigenvalue weighted by Gasteiger charge is -2.01. The van der Waals surface area contributed by atoms with Crippen LogP contribution >= 0.6 is 0 Å². The second kappa shape index (κ2) is 2.75. The van der Waals surface area contributed by atoms with Gasteiger partial charge < -0.3 is 5.11 Å². The van der Waals surface area contributed by atoms with Gasteiger partial charge in [-0.1, -0.05) is 0 Å². The normalized spacial score (nSPS) is 13.1. The van der Waals surface area contributed by atoms with E-state index < -0.39 is 6.10 Å². The summed E-state index contributed by atoms with van der Waals surface area (Å²) in [5.74, 6) is 0. The molecule has 3 heteroatoms. The smallest absolute Gasteiger partial charge is 0.116 e. The van der Waals surface area contributed by atoms with Crippen molar-refractivity contribution in [3.05, 3.63) is 23.8 Å². The lowest BCUT2D eigenvalue weighted by molar-refractivity contribution is 0.194. The molecule has 1 N–H and O–H groups in total. The molecule has 0 bridgehead atoms. The highest BCUT2D eigenvalue weighted by molar-refractivity contribution is 5.07. The maximum absolute atomic E-state index is 9.06. The summed E-state index contributed by atoms with van der Waals surface area (Å²) in [7, 11) is 0. The number of aliphatic hydroxyl groups excluding tert-OH is 1. The van der Waals surface area contributed by atoms with Gasteiger partial charge in [-0.3, -0.25) is 0 Å². The van der Waals surface area contributed by atoms with Crippen molar-refractivity contribution in [2.75, 3.05) is 0 Å². The third-order valence-corrected chi connectivity index (χ3v) is 1.25. The molecule has 3 nitrogen and oxygen atoms in total. The van der Waals surface area contributed by atoms with E-state index in [-0.39, 0.29) is 0 Å². The van der Waals surface area contributed by atoms with Gasteiger partial charge in [0.1, 0.15) is 6.33 Å². The molecule has 54 valence electrons. The van der Waals surface area contributed by atoms with Gasteiger partial charge in [-0.15, -0.1) is 0 Å². The van der Waals surface area contributed by atoms with E-state index in [0.717, 1.165) is 5.69 Å². The minimum absolute atomic E-state index is 0.498. The Morgan fingerprint density at radius 3 is 2.60 bits per heavy atom. The van der Waals surface area contributed by atoms with Crippen molar-refractivity contribution in [2.45, 2.75) is 20.0 Å². The second-order valence-corrected chi connectivity index (χ2v) is 2.26. The van der Waals surface area contributed by atoms with Crippen molar-refractivity contribution in [3.8, 4) is 0 Å². The summed E-state index contributed by atoms with van der Waals surface area (Å²) in [6.07, 6.45) is 0.957. The zero-order chi connectivity index (χ0) is 7.56. The molecule has 0 radical (unpaired) electrons. The summed E-state index contributed by atoms with van der Waals surface area (Å²) >= 11 is 0. The number of rotatable bonds is 1. The lowest BCUT2D eigenvalue weighted by atomic mass is 10.2. The van der Waals surface area contributed by atoms with Crippen LogP contribution in [0.2, 0.25) is 0 Å². The van der Waals surface area contributed by atoms with Gasteiger partial charge >= 0.3 is 0 Å². The van der Waals surface area contributed by atoms with E-state index in [1.165, 1.54) is 6.33 Å². The van der Waals surface area contributed by atoms with E-state index in [9.17, 15) is 0 Å². The molecule has 1 aromatic rings. The van der Waals surface area contributed by atoms with Crippen LogP contribution in [0.15, 0.2) is 12.4 Å². The number of nitrogens with zero attached hydrogens (tertiary/aromatic N) is 2. The van der Waals surface area contributed by atoms with Gasteiger partial charge in [0.25, 0.3) is 0 Å². The Balaban J connectivity index is 2.96. The summed E-state index contributed by atoms with van der Waals surface area (Å²) in [5.41, 5.74) is 1.55. The Kier molecular flexibility index (Phi) is 1.97. The Labute approximate surface area is 59.8 Å². The average Bonchev–Trinajstić information content (AvgIpc) is 1.88. The van der Waals surface area contributed by atoms with Crippen LogP contribution in [0.25, 0.3) is 0 Å². The first-order valence-corrected chi connectivity index (χ1v) is 3.17. The van der Waals surface area contributed by atoms with E-state index >= 15 is 0 Å². The van der Waals surface area contributed by atoms with Crippen molar-refractivity contribution in [1.29, 1.82) is 0 Å². The first kappa shape index (κ1) is 7.15. The first-order chi connectivity index (χ1) is 4.70. The molecule has 0 aliphatic heterocycles. The predicted octanol–water partition coefficient (Wildman–Crippen LogP) is 0.838. The van der Waals surface area contributed by atoms with Crippen LogP contribution < -0.4 is 0 Å².